The van der Waals surface area contributed by atoms with Crippen molar-refractivity contribution in [2.24, 2.45) is 23.1 Å². The lowest BCUT2D eigenvalue weighted by Gasteiger charge is -2.27. The standard InChI is InChI=1S/C44H68N14O10S/c1-25(2)36(42(67)68)58-40(65)31(12-8-19-51-44(48)49)56-38(63)30(11-7-18-50-43(46)47)55-39(64)32(17-20-69-3)57-41(66)33(22-26-9-5-4-6-10-26)54-35(61)24-52-34(60)23-53-37(62)29(45)21-27-13-15-28(59)16-14-27/h4-6,9-10,13-16,25,29-33,36,59H,7-8,11-12,17-24,45H2,1-3H3,(H,52,60)(H,53,62)(H,54,61)(H,55,64)(H,56,63)(H,57,66)(H,58,65)(H,67,68)(H4,46,47,50)(H4,48,49,51)/t29-,30-,31-,32-,33-,36-/m0/s1. The van der Waals surface area contributed by atoms with Crippen molar-refractivity contribution in [3.63, 3.8) is 0 Å². The SMILES string of the molecule is CSCC[C@H](NC(=O)[C@H](Cc1ccccc1)NC(=O)CNC(=O)CNC(=O)[C@@H](N)Cc1ccc(O)cc1)C(=O)N[C@@H](CCCNC(=N)N)C(=O)N[C@@H](CCCNC(=N)N)C(=O)N[C@H](C(=O)O)C(C)C. The largest absolute Gasteiger partial charge is 0.508 e. The van der Waals surface area contributed by atoms with Gasteiger partial charge >= 0.3 is 5.97 Å². The number of hydrogen-bond acceptors (Lipinski definition) is 13. The Labute approximate surface area is 405 Å². The van der Waals surface area contributed by atoms with Gasteiger partial charge in [-0.05, 0) is 79.7 Å². The summed E-state index contributed by atoms with van der Waals surface area (Å²) in [5.74, 6) is -7.32. The molecule has 0 aliphatic carbocycles. The van der Waals surface area contributed by atoms with Crippen LogP contribution in [0.2, 0.25) is 0 Å². The first-order valence-corrected chi connectivity index (χ1v) is 23.6. The van der Waals surface area contributed by atoms with Crippen LogP contribution in [-0.4, -0.2) is 144 Å². The number of rotatable bonds is 31. The number of phenols is 1. The summed E-state index contributed by atoms with van der Waals surface area (Å²) in [7, 11) is 0. The number of phenolic OH excluding ortho intramolecular Hbond substituents is 1. The molecule has 6 atom stereocenters. The first-order valence-electron chi connectivity index (χ1n) is 22.2. The molecule has 0 spiro atoms. The second-order valence-corrected chi connectivity index (χ2v) is 17.3. The lowest BCUT2D eigenvalue weighted by molar-refractivity contribution is -0.143. The summed E-state index contributed by atoms with van der Waals surface area (Å²) in [6.07, 6.45) is 2.30. The van der Waals surface area contributed by atoms with Crippen LogP contribution in [-0.2, 0) is 51.2 Å². The van der Waals surface area contributed by atoms with Crippen LogP contribution in [0.1, 0.15) is 57.1 Å². The number of benzene rings is 2. The molecule has 380 valence electrons. The van der Waals surface area contributed by atoms with E-state index in [2.05, 4.69) is 47.9 Å². The van der Waals surface area contributed by atoms with Crippen molar-refractivity contribution in [1.82, 2.24) is 47.9 Å². The van der Waals surface area contributed by atoms with Crippen molar-refractivity contribution < 1.29 is 48.6 Å². The Kier molecular flexibility index (Phi) is 26.0. The predicted molar refractivity (Wildman–Crippen MR) is 259 cm³/mol. The van der Waals surface area contributed by atoms with Gasteiger partial charge in [0.05, 0.1) is 19.1 Å². The molecular weight excluding hydrogens is 917 g/mol. The van der Waals surface area contributed by atoms with Gasteiger partial charge < -0.3 is 75.3 Å². The van der Waals surface area contributed by atoms with Gasteiger partial charge in [0.25, 0.3) is 0 Å². The zero-order valence-corrected chi connectivity index (χ0v) is 39.8. The summed E-state index contributed by atoms with van der Waals surface area (Å²) in [6, 6.07) is 7.35. The Bertz CT molecular complexity index is 2050. The van der Waals surface area contributed by atoms with Gasteiger partial charge in [-0.1, -0.05) is 56.3 Å². The Morgan fingerprint density at radius 1 is 0.594 bits per heavy atom. The zero-order valence-electron chi connectivity index (χ0n) is 39.0. The number of nitrogens with two attached hydrogens (primary N) is 3. The van der Waals surface area contributed by atoms with Crippen molar-refractivity contribution in [1.29, 1.82) is 10.8 Å². The molecular formula is C44H68N14O10S. The first-order chi connectivity index (χ1) is 32.7. The van der Waals surface area contributed by atoms with Crippen molar-refractivity contribution in [2.75, 3.05) is 38.2 Å². The Morgan fingerprint density at radius 3 is 1.57 bits per heavy atom. The number of aromatic hydroxyl groups is 1. The van der Waals surface area contributed by atoms with Gasteiger partial charge in [0, 0.05) is 19.5 Å². The maximum Gasteiger partial charge on any atom is 0.326 e. The van der Waals surface area contributed by atoms with E-state index >= 15 is 0 Å². The van der Waals surface area contributed by atoms with Crippen molar-refractivity contribution >= 4 is 71.0 Å². The molecule has 69 heavy (non-hydrogen) atoms. The molecule has 19 N–H and O–H groups in total. The van der Waals surface area contributed by atoms with E-state index in [0.29, 0.717) is 16.9 Å². The van der Waals surface area contributed by atoms with Gasteiger partial charge in [-0.15, -0.1) is 0 Å². The average molecular weight is 985 g/mol. The van der Waals surface area contributed by atoms with Crippen LogP contribution in [0.3, 0.4) is 0 Å². The van der Waals surface area contributed by atoms with E-state index in [-0.39, 0.29) is 75.7 Å². The van der Waals surface area contributed by atoms with E-state index < -0.39 is 103 Å². The summed E-state index contributed by atoms with van der Waals surface area (Å²) >= 11 is 1.37. The number of thioether (sulfide) groups is 1. The van der Waals surface area contributed by atoms with Crippen LogP contribution in [0.25, 0.3) is 0 Å². The predicted octanol–water partition coefficient (Wildman–Crippen LogP) is -2.82. The van der Waals surface area contributed by atoms with Gasteiger partial charge in [0.15, 0.2) is 11.9 Å². The molecule has 0 aromatic heterocycles. The smallest absolute Gasteiger partial charge is 0.326 e. The highest BCUT2D eigenvalue weighted by atomic mass is 32.2. The molecule has 24 nitrogen and oxygen atoms in total. The fraction of sp³-hybridized carbons (Fsp3) is 0.500. The maximum absolute atomic E-state index is 14.1. The zero-order chi connectivity index (χ0) is 51.5. The van der Waals surface area contributed by atoms with Crippen LogP contribution in [0.4, 0.5) is 0 Å². The van der Waals surface area contributed by atoms with E-state index in [1.54, 1.807) is 62.6 Å². The molecule has 0 fully saturated rings. The highest BCUT2D eigenvalue weighted by Gasteiger charge is 2.33. The molecule has 2 aromatic rings. The van der Waals surface area contributed by atoms with Crippen molar-refractivity contribution in [2.45, 2.75) is 95.0 Å². The minimum atomic E-state index is -1.32. The molecule has 0 aliphatic rings. The monoisotopic (exact) mass is 984 g/mol. The summed E-state index contributed by atoms with van der Waals surface area (Å²) in [5.41, 5.74) is 18.1. The molecule has 25 heteroatoms. The molecule has 2 rings (SSSR count). The normalized spacial score (nSPS) is 13.4. The van der Waals surface area contributed by atoms with Crippen LogP contribution >= 0.6 is 11.8 Å². The Morgan fingerprint density at radius 2 is 1.07 bits per heavy atom. The van der Waals surface area contributed by atoms with Gasteiger partial charge in [0.2, 0.25) is 41.4 Å². The number of aliphatic carboxylic acids is 1. The van der Waals surface area contributed by atoms with Crippen molar-refractivity contribution in [3.05, 3.63) is 65.7 Å². The molecule has 0 aliphatic heterocycles. The average Bonchev–Trinajstić information content (AvgIpc) is 3.30. The van der Waals surface area contributed by atoms with Gasteiger partial charge in [0.1, 0.15) is 36.0 Å². The lowest BCUT2D eigenvalue weighted by Crippen LogP contribution is -2.59. The van der Waals surface area contributed by atoms with Crippen LogP contribution in [0.15, 0.2) is 54.6 Å². The third-order valence-electron chi connectivity index (χ3n) is 10.2. The second-order valence-electron chi connectivity index (χ2n) is 16.3. The lowest BCUT2D eigenvalue weighted by atomic mass is 10.0. The second kappa shape index (κ2) is 31.0. The minimum Gasteiger partial charge on any atom is -0.508 e. The highest BCUT2D eigenvalue weighted by Crippen LogP contribution is 2.12. The minimum absolute atomic E-state index is 0.0201. The number of carbonyl (C=O) groups excluding carboxylic acids is 7. The number of nitrogens with one attached hydrogen (secondary N) is 11. The number of carboxylic acid groups (broad SMARTS) is 1. The fourth-order valence-corrected chi connectivity index (χ4v) is 6.98. The van der Waals surface area contributed by atoms with E-state index in [1.807, 2.05) is 0 Å². The fourth-order valence-electron chi connectivity index (χ4n) is 6.51. The van der Waals surface area contributed by atoms with Gasteiger partial charge in [-0.3, -0.25) is 44.4 Å². The van der Waals surface area contributed by atoms with E-state index in [9.17, 15) is 48.6 Å². The summed E-state index contributed by atoms with van der Waals surface area (Å²) < 4.78 is 0. The molecule has 0 bridgehead atoms. The molecule has 0 unspecified atom stereocenters. The summed E-state index contributed by atoms with van der Waals surface area (Å²) in [4.78, 5) is 106. The van der Waals surface area contributed by atoms with Crippen LogP contribution in [0.5, 0.6) is 5.75 Å². The van der Waals surface area contributed by atoms with Crippen LogP contribution in [0, 0.1) is 16.7 Å². The first kappa shape index (κ1) is 58.0. The Hall–Kier alpha value is -7.15. The van der Waals surface area contributed by atoms with E-state index in [0.717, 1.165) is 0 Å². The number of carbonyl (C=O) groups is 8. The highest BCUT2D eigenvalue weighted by molar-refractivity contribution is 7.98. The van der Waals surface area contributed by atoms with Crippen LogP contribution < -0.4 is 65.1 Å². The van der Waals surface area contributed by atoms with E-state index in [4.69, 9.17) is 28.0 Å². The van der Waals surface area contributed by atoms with Crippen molar-refractivity contribution in [3.8, 4) is 5.75 Å². The summed E-state index contributed by atoms with van der Waals surface area (Å²) in [6.45, 7) is 2.39. The number of amides is 7. The summed E-state index contributed by atoms with van der Waals surface area (Å²) in [5, 5.41) is 57.2. The third-order valence-corrected chi connectivity index (χ3v) is 10.9. The maximum atomic E-state index is 14.1. The number of guanidine groups is 2. The van der Waals surface area contributed by atoms with Gasteiger partial charge in [-0.2, -0.15) is 11.8 Å². The molecule has 7 amide bonds. The third kappa shape index (κ3) is 23.4. The number of hydrogen-bond donors (Lipinski definition) is 16. The molecule has 2 aromatic carbocycles. The molecule has 0 saturated carbocycles. The molecule has 0 heterocycles. The topological polar surface area (TPSA) is 411 Å². The quantitative estimate of drug-likeness (QED) is 0.0206. The Balaban J connectivity index is 2.26. The molecule has 0 radical (unpaired) electrons. The van der Waals surface area contributed by atoms with E-state index in [1.165, 1.54) is 23.9 Å². The van der Waals surface area contributed by atoms with Gasteiger partial charge in [-0.25, -0.2) is 4.79 Å². The molecule has 0 saturated heterocycles. The number of carboxylic acids is 1.